The van der Waals surface area contributed by atoms with E-state index in [9.17, 15) is 4.79 Å². The number of aromatic nitrogens is 2. The lowest BCUT2D eigenvalue weighted by Crippen LogP contribution is -2.41. The second kappa shape index (κ2) is 6.91. The molecule has 2 aromatic heterocycles. The molecule has 3 heterocycles. The Kier molecular flexibility index (Phi) is 4.97. The number of nitrogens with zero attached hydrogens (tertiary/aromatic N) is 3. The lowest BCUT2D eigenvalue weighted by molar-refractivity contribution is 0.0204. The van der Waals surface area contributed by atoms with Crippen molar-refractivity contribution in [2.45, 2.75) is 58.1 Å². The summed E-state index contributed by atoms with van der Waals surface area (Å²) in [5.74, 6) is 0.362. The lowest BCUT2D eigenvalue weighted by Gasteiger charge is -2.34. The van der Waals surface area contributed by atoms with Crippen molar-refractivity contribution in [2.24, 2.45) is 12.8 Å². The van der Waals surface area contributed by atoms with Crippen LogP contribution in [0.1, 0.15) is 63.8 Å². The Morgan fingerprint density at radius 1 is 1.35 bits per heavy atom. The first-order chi connectivity index (χ1) is 12.2. The van der Waals surface area contributed by atoms with Gasteiger partial charge < -0.3 is 19.9 Å². The van der Waals surface area contributed by atoms with Gasteiger partial charge in [0, 0.05) is 32.4 Å². The fraction of sp³-hybridized carbons (Fsp3) is 0.600. The number of ether oxygens (including phenoxy) is 1. The summed E-state index contributed by atoms with van der Waals surface area (Å²) >= 11 is 0. The number of carbonyl (C=O) groups is 1. The minimum absolute atomic E-state index is 0.113. The molecule has 0 saturated carbocycles. The van der Waals surface area contributed by atoms with Crippen molar-refractivity contribution in [3.63, 3.8) is 0 Å². The smallest absolute Gasteiger partial charge is 0.410 e. The van der Waals surface area contributed by atoms with E-state index in [0.29, 0.717) is 19.0 Å². The van der Waals surface area contributed by atoms with Crippen LogP contribution in [0.4, 0.5) is 4.79 Å². The highest BCUT2D eigenvalue weighted by Crippen LogP contribution is 2.34. The molecule has 1 aliphatic heterocycles. The Labute approximate surface area is 155 Å². The molecular formula is C20H30N4O2. The molecule has 1 saturated heterocycles. The number of amides is 1. The zero-order valence-electron chi connectivity index (χ0n) is 16.5. The van der Waals surface area contributed by atoms with Gasteiger partial charge in [0.1, 0.15) is 5.60 Å². The third-order valence-electron chi connectivity index (χ3n) is 4.95. The van der Waals surface area contributed by atoms with Gasteiger partial charge in [-0.15, -0.1) is 0 Å². The summed E-state index contributed by atoms with van der Waals surface area (Å²) in [6.45, 7) is 9.07. The van der Waals surface area contributed by atoms with Crippen molar-refractivity contribution >= 4 is 17.1 Å². The van der Waals surface area contributed by atoms with Crippen molar-refractivity contribution < 1.29 is 9.53 Å². The zero-order chi connectivity index (χ0) is 19.1. The lowest BCUT2D eigenvalue weighted by atomic mass is 9.87. The molecule has 0 aliphatic carbocycles. The summed E-state index contributed by atoms with van der Waals surface area (Å²) in [7, 11) is 2.03. The van der Waals surface area contributed by atoms with Crippen LogP contribution in [-0.4, -0.2) is 39.2 Å². The van der Waals surface area contributed by atoms with E-state index in [1.54, 1.807) is 0 Å². The van der Waals surface area contributed by atoms with Crippen LogP contribution in [0.2, 0.25) is 0 Å². The average molecular weight is 358 g/mol. The van der Waals surface area contributed by atoms with Gasteiger partial charge in [0.25, 0.3) is 0 Å². The quantitative estimate of drug-likeness (QED) is 0.888. The average Bonchev–Trinajstić information content (AvgIpc) is 2.93. The molecule has 6 nitrogen and oxygen atoms in total. The topological polar surface area (TPSA) is 73.4 Å². The van der Waals surface area contributed by atoms with Crippen molar-refractivity contribution in [3.05, 3.63) is 29.6 Å². The number of aryl methyl sites for hydroxylation is 1. The molecule has 1 atom stereocenters. The molecule has 0 unspecified atom stereocenters. The number of pyridine rings is 1. The predicted molar refractivity (Wildman–Crippen MR) is 103 cm³/mol. The minimum Gasteiger partial charge on any atom is -0.444 e. The largest absolute Gasteiger partial charge is 0.444 e. The predicted octanol–water partition coefficient (Wildman–Crippen LogP) is 3.71. The van der Waals surface area contributed by atoms with Gasteiger partial charge in [0.15, 0.2) is 0 Å². The number of fused-ring (bicyclic) bond motifs is 1. The fourth-order valence-corrected chi connectivity index (χ4v) is 3.61. The number of nitrogens with two attached hydrogens (primary N) is 1. The monoisotopic (exact) mass is 358 g/mol. The summed E-state index contributed by atoms with van der Waals surface area (Å²) in [6, 6.07) is 4.14. The van der Waals surface area contributed by atoms with Gasteiger partial charge in [0.2, 0.25) is 0 Å². The van der Waals surface area contributed by atoms with Crippen LogP contribution < -0.4 is 5.73 Å². The normalized spacial score (nSPS) is 17.5. The van der Waals surface area contributed by atoms with Crippen LogP contribution >= 0.6 is 0 Å². The van der Waals surface area contributed by atoms with Crippen LogP contribution in [0.3, 0.4) is 0 Å². The maximum absolute atomic E-state index is 12.3. The first-order valence-electron chi connectivity index (χ1n) is 9.35. The van der Waals surface area contributed by atoms with E-state index in [1.807, 2.05) is 51.9 Å². The summed E-state index contributed by atoms with van der Waals surface area (Å²) in [5.41, 5.74) is 10.0. The number of carbonyl (C=O) groups excluding carboxylic acids is 1. The van der Waals surface area contributed by atoms with E-state index >= 15 is 0 Å². The van der Waals surface area contributed by atoms with Crippen LogP contribution in [0.5, 0.6) is 0 Å². The Morgan fingerprint density at radius 2 is 2.00 bits per heavy atom. The first-order valence-corrected chi connectivity index (χ1v) is 9.35. The van der Waals surface area contributed by atoms with Gasteiger partial charge in [0.05, 0.1) is 16.7 Å². The standard InChI is InChI=1S/C20H30N4O2/c1-13(21)18-15(12-17-16(22-18)8-9-23(17)5)14-6-10-24(11-7-14)19(25)26-20(2,3)4/h8-9,12-14H,6-7,10-11,21H2,1-5H3/t13-/m0/s1. The number of hydrogen-bond donors (Lipinski definition) is 1. The maximum Gasteiger partial charge on any atom is 0.410 e. The van der Waals surface area contributed by atoms with E-state index in [2.05, 4.69) is 10.6 Å². The Hall–Kier alpha value is -2.08. The molecular weight excluding hydrogens is 328 g/mol. The molecule has 0 spiro atoms. The summed E-state index contributed by atoms with van der Waals surface area (Å²) in [5, 5.41) is 0. The number of hydrogen-bond acceptors (Lipinski definition) is 4. The zero-order valence-corrected chi connectivity index (χ0v) is 16.5. The Balaban J connectivity index is 1.79. The molecule has 0 bridgehead atoms. The molecule has 2 aromatic rings. The highest BCUT2D eigenvalue weighted by atomic mass is 16.6. The van der Waals surface area contributed by atoms with Crippen LogP contribution in [-0.2, 0) is 11.8 Å². The summed E-state index contributed by atoms with van der Waals surface area (Å²) in [6.07, 6.45) is 3.60. The molecule has 1 fully saturated rings. The molecule has 142 valence electrons. The second-order valence-electron chi connectivity index (χ2n) is 8.32. The van der Waals surface area contributed by atoms with Gasteiger partial charge in [-0.3, -0.25) is 0 Å². The highest BCUT2D eigenvalue weighted by molar-refractivity contribution is 5.77. The molecule has 0 aromatic carbocycles. The van der Waals surface area contributed by atoms with E-state index in [-0.39, 0.29) is 12.1 Å². The van der Waals surface area contributed by atoms with E-state index in [1.165, 1.54) is 5.56 Å². The Bertz CT molecular complexity index is 796. The number of rotatable bonds is 2. The van der Waals surface area contributed by atoms with Crippen molar-refractivity contribution in [2.75, 3.05) is 13.1 Å². The van der Waals surface area contributed by atoms with E-state index in [4.69, 9.17) is 15.5 Å². The first kappa shape index (κ1) is 18.7. The van der Waals surface area contributed by atoms with Crippen LogP contribution in [0.25, 0.3) is 11.0 Å². The van der Waals surface area contributed by atoms with Gasteiger partial charge in [-0.05, 0) is 64.2 Å². The van der Waals surface area contributed by atoms with Crippen molar-refractivity contribution in [1.82, 2.24) is 14.5 Å². The fourth-order valence-electron chi connectivity index (χ4n) is 3.61. The molecule has 0 radical (unpaired) electrons. The molecule has 6 heteroatoms. The third-order valence-corrected chi connectivity index (χ3v) is 4.95. The molecule has 3 rings (SSSR count). The number of piperidine rings is 1. The van der Waals surface area contributed by atoms with Gasteiger partial charge in [-0.1, -0.05) is 0 Å². The molecule has 2 N–H and O–H groups in total. The maximum atomic E-state index is 12.3. The van der Waals surface area contributed by atoms with Gasteiger partial charge in [-0.25, -0.2) is 9.78 Å². The van der Waals surface area contributed by atoms with Gasteiger partial charge in [-0.2, -0.15) is 0 Å². The van der Waals surface area contributed by atoms with Gasteiger partial charge >= 0.3 is 6.09 Å². The van der Waals surface area contributed by atoms with Crippen molar-refractivity contribution in [1.29, 1.82) is 0 Å². The second-order valence-corrected chi connectivity index (χ2v) is 8.32. The molecule has 1 aliphatic rings. The Morgan fingerprint density at radius 3 is 2.58 bits per heavy atom. The molecule has 1 amide bonds. The van der Waals surface area contributed by atoms with E-state index in [0.717, 1.165) is 29.6 Å². The van der Waals surface area contributed by atoms with Crippen LogP contribution in [0.15, 0.2) is 18.3 Å². The number of likely N-dealkylation sites (tertiary alicyclic amines) is 1. The third kappa shape index (κ3) is 3.85. The van der Waals surface area contributed by atoms with E-state index < -0.39 is 5.60 Å². The minimum atomic E-state index is -0.461. The van der Waals surface area contributed by atoms with Crippen molar-refractivity contribution in [3.8, 4) is 0 Å². The highest BCUT2D eigenvalue weighted by Gasteiger charge is 2.29. The SMILES string of the molecule is C[C@H](N)c1nc2ccn(C)c2cc1C1CCN(C(=O)OC(C)(C)C)CC1. The summed E-state index contributed by atoms with van der Waals surface area (Å²) < 4.78 is 7.58. The molecule has 26 heavy (non-hydrogen) atoms. The van der Waals surface area contributed by atoms with Crippen LogP contribution in [0, 0.1) is 0 Å². The summed E-state index contributed by atoms with van der Waals surface area (Å²) in [4.78, 5) is 18.9.